The van der Waals surface area contributed by atoms with Gasteiger partial charge in [-0.15, -0.1) is 6.42 Å². The van der Waals surface area contributed by atoms with E-state index in [9.17, 15) is 9.90 Å². The monoisotopic (exact) mass is 673 g/mol. The molecule has 6 rings (SSSR count). The Labute approximate surface area is 282 Å². The van der Waals surface area contributed by atoms with Gasteiger partial charge in [-0.2, -0.15) is 0 Å². The summed E-state index contributed by atoms with van der Waals surface area (Å²) >= 11 is 14.0. The van der Waals surface area contributed by atoms with Crippen LogP contribution in [0, 0.1) is 12.3 Å². The van der Waals surface area contributed by atoms with Crippen molar-refractivity contribution >= 4 is 29.1 Å². The van der Waals surface area contributed by atoms with Crippen molar-refractivity contribution in [3.63, 3.8) is 0 Å². The maximum absolute atomic E-state index is 11.5. The van der Waals surface area contributed by atoms with Crippen LogP contribution in [0.2, 0.25) is 10.0 Å². The number of amides is 1. The quantitative estimate of drug-likeness (QED) is 0.199. The Morgan fingerprint density at radius 3 is 2.06 bits per heavy atom. The van der Waals surface area contributed by atoms with Crippen molar-refractivity contribution in [1.82, 2.24) is 35.5 Å². The molecule has 4 heterocycles. The first-order chi connectivity index (χ1) is 22.7. The van der Waals surface area contributed by atoms with Gasteiger partial charge in [-0.3, -0.25) is 19.7 Å². The molecule has 3 N–H and O–H groups in total. The smallest absolute Gasteiger partial charge is 0.237 e. The fourth-order valence-corrected chi connectivity index (χ4v) is 6.44. The van der Waals surface area contributed by atoms with Crippen LogP contribution >= 0.6 is 23.2 Å². The summed E-state index contributed by atoms with van der Waals surface area (Å²) in [5.41, 5.74) is 3.96. The molecule has 1 atom stereocenters. The second kappa shape index (κ2) is 13.8. The Balaban J connectivity index is 1.23. The normalized spacial score (nSPS) is 17.1. The van der Waals surface area contributed by atoms with Crippen LogP contribution in [0.3, 0.4) is 0 Å². The molecule has 0 bridgehead atoms. The average molecular weight is 675 g/mol. The Morgan fingerprint density at radius 2 is 1.53 bits per heavy atom. The molecule has 2 aliphatic heterocycles. The van der Waals surface area contributed by atoms with Crippen LogP contribution in [0.25, 0.3) is 33.6 Å². The van der Waals surface area contributed by atoms with E-state index < -0.39 is 5.60 Å². The van der Waals surface area contributed by atoms with Crippen LogP contribution in [-0.4, -0.2) is 81.3 Å². The first-order valence-electron chi connectivity index (χ1n) is 15.0. The summed E-state index contributed by atoms with van der Waals surface area (Å²) in [6.45, 7) is 2.20. The number of aromatic nitrogens is 4. The SMILES string of the molecule is C#CC1(O)CN(Cc2ncc(-c3cccc(-c4cccc(-c5cnc(CNC[C@@H]6CCC(=O)N6)c(OC)n5)c4Cl)c3Cl)nc2OC)C1. The second-order valence-electron chi connectivity index (χ2n) is 11.5. The van der Waals surface area contributed by atoms with E-state index in [1.807, 2.05) is 41.3 Å². The minimum absolute atomic E-state index is 0.0778. The fourth-order valence-electron chi connectivity index (χ4n) is 5.79. The number of nitrogens with one attached hydrogen (secondary N) is 2. The number of rotatable bonds is 11. The zero-order valence-corrected chi connectivity index (χ0v) is 27.4. The molecule has 13 heteroatoms. The number of hydrogen-bond donors (Lipinski definition) is 3. The first kappa shape index (κ1) is 32.6. The van der Waals surface area contributed by atoms with Gasteiger partial charge in [0, 0.05) is 67.4 Å². The minimum Gasteiger partial charge on any atom is -0.480 e. The number of benzene rings is 2. The van der Waals surface area contributed by atoms with Crippen LogP contribution < -0.4 is 20.1 Å². The molecule has 0 aliphatic carbocycles. The number of carbonyl (C=O) groups excluding carboxylic acids is 1. The van der Waals surface area contributed by atoms with Gasteiger partial charge in [0.05, 0.1) is 48.0 Å². The molecule has 0 spiro atoms. The lowest BCUT2D eigenvalue weighted by Crippen LogP contribution is -2.60. The summed E-state index contributed by atoms with van der Waals surface area (Å²) in [4.78, 5) is 32.1. The van der Waals surface area contributed by atoms with Crippen molar-refractivity contribution in [2.45, 2.75) is 37.6 Å². The highest BCUT2D eigenvalue weighted by molar-refractivity contribution is 6.39. The molecule has 0 saturated carbocycles. The Kier molecular flexibility index (Phi) is 9.59. The van der Waals surface area contributed by atoms with Crippen LogP contribution in [0.4, 0.5) is 0 Å². The number of ether oxygens (including phenoxy) is 2. The van der Waals surface area contributed by atoms with Crippen molar-refractivity contribution in [3.8, 4) is 57.7 Å². The van der Waals surface area contributed by atoms with Gasteiger partial charge in [-0.05, 0) is 6.42 Å². The lowest BCUT2D eigenvalue weighted by molar-refractivity contribution is -0.119. The van der Waals surface area contributed by atoms with Crippen LogP contribution in [0.1, 0.15) is 24.2 Å². The van der Waals surface area contributed by atoms with Crippen molar-refractivity contribution in [2.24, 2.45) is 0 Å². The summed E-state index contributed by atoms with van der Waals surface area (Å²) in [7, 11) is 3.08. The molecule has 2 saturated heterocycles. The van der Waals surface area contributed by atoms with Gasteiger partial charge < -0.3 is 25.2 Å². The van der Waals surface area contributed by atoms with Crippen molar-refractivity contribution in [1.29, 1.82) is 0 Å². The van der Waals surface area contributed by atoms with Gasteiger partial charge in [0.25, 0.3) is 0 Å². The maximum atomic E-state index is 11.5. The van der Waals surface area contributed by atoms with Gasteiger partial charge in [0.15, 0.2) is 0 Å². The molecule has 4 aromatic rings. The van der Waals surface area contributed by atoms with E-state index in [4.69, 9.17) is 49.1 Å². The number of methoxy groups -OCH3 is 2. The lowest BCUT2D eigenvalue weighted by atomic mass is 9.95. The van der Waals surface area contributed by atoms with Gasteiger partial charge in [-0.1, -0.05) is 65.5 Å². The lowest BCUT2D eigenvalue weighted by Gasteiger charge is -2.42. The third kappa shape index (κ3) is 6.88. The molecular weight excluding hydrogens is 641 g/mol. The predicted octanol–water partition coefficient (Wildman–Crippen LogP) is 4.14. The molecule has 47 heavy (non-hydrogen) atoms. The minimum atomic E-state index is -1.11. The fraction of sp³-hybridized carbons (Fsp3) is 0.324. The highest BCUT2D eigenvalue weighted by Gasteiger charge is 2.39. The number of β-amino-alcohol motifs (C(OH)–C–C–N with tert-alkyl or cyclic N) is 1. The number of hydrogen-bond acceptors (Lipinski definition) is 10. The number of aliphatic hydroxyl groups is 1. The molecular formula is C34H33Cl2N7O4. The maximum Gasteiger partial charge on any atom is 0.237 e. The van der Waals surface area contributed by atoms with E-state index in [-0.39, 0.29) is 11.9 Å². The molecule has 0 radical (unpaired) electrons. The number of halogens is 2. The molecule has 2 aromatic heterocycles. The Hall–Kier alpha value is -4.31. The van der Waals surface area contributed by atoms with E-state index in [1.165, 1.54) is 7.11 Å². The molecule has 2 aromatic carbocycles. The van der Waals surface area contributed by atoms with Gasteiger partial charge in [0.1, 0.15) is 17.0 Å². The van der Waals surface area contributed by atoms with Gasteiger partial charge in [-0.25, -0.2) is 9.97 Å². The molecule has 242 valence electrons. The molecule has 11 nitrogen and oxygen atoms in total. The molecule has 2 aliphatic rings. The number of likely N-dealkylation sites (tertiary alicyclic amines) is 1. The Morgan fingerprint density at radius 1 is 0.979 bits per heavy atom. The van der Waals surface area contributed by atoms with E-state index in [1.54, 1.807) is 19.5 Å². The van der Waals surface area contributed by atoms with Crippen molar-refractivity contribution < 1.29 is 19.4 Å². The van der Waals surface area contributed by atoms with E-state index in [0.717, 1.165) is 6.42 Å². The predicted molar refractivity (Wildman–Crippen MR) is 179 cm³/mol. The Bertz CT molecular complexity index is 1860. The largest absolute Gasteiger partial charge is 0.480 e. The third-order valence-corrected chi connectivity index (χ3v) is 9.04. The van der Waals surface area contributed by atoms with E-state index in [2.05, 4.69) is 26.5 Å². The second-order valence-corrected chi connectivity index (χ2v) is 12.3. The van der Waals surface area contributed by atoms with E-state index >= 15 is 0 Å². The number of carbonyl (C=O) groups is 1. The molecule has 1 amide bonds. The topological polar surface area (TPSA) is 135 Å². The van der Waals surface area contributed by atoms with Crippen LogP contribution in [-0.2, 0) is 17.9 Å². The zero-order valence-electron chi connectivity index (χ0n) is 25.9. The highest BCUT2D eigenvalue weighted by atomic mass is 35.5. The number of nitrogens with zero attached hydrogens (tertiary/aromatic N) is 5. The van der Waals surface area contributed by atoms with Crippen LogP contribution in [0.15, 0.2) is 48.8 Å². The molecule has 0 unspecified atom stereocenters. The third-order valence-electron chi connectivity index (χ3n) is 8.23. The summed E-state index contributed by atoms with van der Waals surface area (Å²) < 4.78 is 11.1. The van der Waals surface area contributed by atoms with Crippen molar-refractivity contribution in [2.75, 3.05) is 33.9 Å². The van der Waals surface area contributed by atoms with Crippen molar-refractivity contribution in [3.05, 3.63) is 70.2 Å². The first-order valence-corrected chi connectivity index (χ1v) is 15.8. The van der Waals surface area contributed by atoms with Crippen LogP contribution in [0.5, 0.6) is 11.8 Å². The summed E-state index contributed by atoms with van der Waals surface area (Å²) in [6.07, 6.45) is 10.1. The standard InChI is InChI=1S/C34H33Cl2N7O4/c1-4-34(45)18-43(19-34)17-28-33(47-3)42-26(16-39-28)24-10-6-8-22(31(24)36)21-7-5-9-23(30(21)35)25-15-38-27(32(41-25)46-2)14-37-13-20-11-12-29(44)40-20/h1,5-10,15-16,20,37,45H,11-14,17-19H2,2-3H3,(H,40,44)/t20-/m0/s1. The summed E-state index contributed by atoms with van der Waals surface area (Å²) in [5.74, 6) is 3.23. The zero-order chi connectivity index (χ0) is 33.1. The van der Waals surface area contributed by atoms with E-state index in [0.29, 0.717) is 106 Å². The summed E-state index contributed by atoms with van der Waals surface area (Å²) in [6, 6.07) is 11.4. The average Bonchev–Trinajstić information content (AvgIpc) is 3.49. The summed E-state index contributed by atoms with van der Waals surface area (Å²) in [5, 5.41) is 17.3. The number of terminal acetylenes is 1. The highest BCUT2D eigenvalue weighted by Crippen LogP contribution is 2.42. The molecule has 2 fully saturated rings. The van der Waals surface area contributed by atoms with Gasteiger partial charge in [0.2, 0.25) is 17.7 Å². The van der Waals surface area contributed by atoms with Gasteiger partial charge >= 0.3 is 0 Å².